The minimum absolute atomic E-state index is 0.00522. The summed E-state index contributed by atoms with van der Waals surface area (Å²) in [6.07, 6.45) is -3.99. The lowest BCUT2D eigenvalue weighted by Crippen LogP contribution is -2.58. The van der Waals surface area contributed by atoms with Crippen molar-refractivity contribution < 1.29 is 17.9 Å². The average Bonchev–Trinajstić information content (AvgIpc) is 2.80. The molecule has 178 valence electrons. The number of halogens is 3. The zero-order valence-electron chi connectivity index (χ0n) is 18.9. The van der Waals surface area contributed by atoms with Crippen LogP contribution in [0.25, 0.3) is 11.0 Å². The summed E-state index contributed by atoms with van der Waals surface area (Å²) >= 11 is 0. The molecule has 0 amide bonds. The largest absolute Gasteiger partial charge is 0.573 e. The number of anilines is 2. The average molecular weight is 472 g/mol. The van der Waals surface area contributed by atoms with Gasteiger partial charge in [-0.2, -0.15) is 10.2 Å². The van der Waals surface area contributed by atoms with E-state index in [4.69, 9.17) is 0 Å². The highest BCUT2D eigenvalue weighted by atomic mass is 19.4. The first-order chi connectivity index (χ1) is 16.1. The van der Waals surface area contributed by atoms with E-state index in [0.717, 1.165) is 12.1 Å². The molecule has 11 heteroatoms. The fourth-order valence-corrected chi connectivity index (χ4v) is 4.31. The Labute approximate surface area is 193 Å². The van der Waals surface area contributed by atoms with Crippen molar-refractivity contribution in [3.8, 4) is 11.8 Å². The molecule has 3 aromatic rings. The van der Waals surface area contributed by atoms with Gasteiger partial charge in [0.1, 0.15) is 23.0 Å². The van der Waals surface area contributed by atoms with Crippen molar-refractivity contribution in [1.29, 1.82) is 5.26 Å². The lowest BCUT2D eigenvalue weighted by molar-refractivity contribution is -0.274. The predicted octanol–water partition coefficient (Wildman–Crippen LogP) is 3.59. The molecule has 1 aliphatic rings. The van der Waals surface area contributed by atoms with Crippen molar-refractivity contribution >= 4 is 22.5 Å². The number of hydrogen-bond donors (Lipinski definition) is 0. The molecular weight excluding hydrogens is 449 g/mol. The van der Waals surface area contributed by atoms with Crippen LogP contribution in [0.3, 0.4) is 0 Å². The Morgan fingerprint density at radius 1 is 1.12 bits per heavy atom. The highest BCUT2D eigenvalue weighted by Crippen LogP contribution is 2.32. The van der Waals surface area contributed by atoms with Crippen LogP contribution in [-0.2, 0) is 7.05 Å². The third kappa shape index (κ3) is 4.48. The van der Waals surface area contributed by atoms with E-state index in [1.807, 2.05) is 24.8 Å². The fourth-order valence-electron chi connectivity index (χ4n) is 4.31. The number of hydrogen-bond acceptors (Lipinski definition) is 7. The number of fused-ring (bicyclic) bond motifs is 1. The molecule has 1 fully saturated rings. The first-order valence-corrected chi connectivity index (χ1v) is 10.8. The van der Waals surface area contributed by atoms with Crippen LogP contribution in [-0.4, -0.2) is 46.1 Å². The number of ether oxygens (including phenoxy) is 1. The van der Waals surface area contributed by atoms with Gasteiger partial charge >= 0.3 is 12.1 Å². The lowest BCUT2D eigenvalue weighted by Gasteiger charge is -2.47. The Balaban J connectivity index is 1.67. The van der Waals surface area contributed by atoms with E-state index in [2.05, 4.69) is 19.6 Å². The molecule has 1 saturated heterocycles. The third-order valence-corrected chi connectivity index (χ3v) is 6.04. The number of piperazine rings is 1. The molecular formula is C23H23F3N6O2. The molecule has 3 heterocycles. The second-order valence-electron chi connectivity index (χ2n) is 8.21. The van der Waals surface area contributed by atoms with Gasteiger partial charge in [0.05, 0.1) is 5.52 Å². The molecule has 0 N–H and O–H groups in total. The third-order valence-electron chi connectivity index (χ3n) is 6.04. The number of pyridine rings is 1. The molecule has 0 spiro atoms. The van der Waals surface area contributed by atoms with E-state index in [0.29, 0.717) is 29.9 Å². The molecule has 0 saturated carbocycles. The summed E-state index contributed by atoms with van der Waals surface area (Å²) in [5.41, 5.74) is 1.65. The summed E-state index contributed by atoms with van der Waals surface area (Å²) in [7, 11) is 1.61. The Morgan fingerprint density at radius 2 is 1.82 bits per heavy atom. The van der Waals surface area contributed by atoms with Gasteiger partial charge in [-0.05, 0) is 49.7 Å². The van der Waals surface area contributed by atoms with Gasteiger partial charge in [0.15, 0.2) is 5.82 Å². The van der Waals surface area contributed by atoms with Crippen LogP contribution in [0, 0.1) is 11.3 Å². The predicted molar refractivity (Wildman–Crippen MR) is 121 cm³/mol. The topological polar surface area (TPSA) is 87.3 Å². The second kappa shape index (κ2) is 8.85. The van der Waals surface area contributed by atoms with E-state index < -0.39 is 12.1 Å². The number of alkyl halides is 3. The smallest absolute Gasteiger partial charge is 0.406 e. The van der Waals surface area contributed by atoms with Gasteiger partial charge in [-0.3, -0.25) is 4.57 Å². The summed E-state index contributed by atoms with van der Waals surface area (Å²) in [4.78, 5) is 25.4. The number of aryl methyl sites for hydroxylation is 1. The number of benzene rings is 1. The van der Waals surface area contributed by atoms with E-state index in [-0.39, 0.29) is 23.5 Å². The molecule has 1 aliphatic heterocycles. The zero-order chi connectivity index (χ0) is 24.6. The maximum Gasteiger partial charge on any atom is 0.573 e. The number of aromatic nitrogens is 3. The van der Waals surface area contributed by atoms with E-state index in [9.17, 15) is 23.2 Å². The highest BCUT2D eigenvalue weighted by Gasteiger charge is 2.34. The number of nitriles is 1. The van der Waals surface area contributed by atoms with Crippen molar-refractivity contribution in [2.75, 3.05) is 22.9 Å². The molecule has 0 aliphatic carbocycles. The summed E-state index contributed by atoms with van der Waals surface area (Å²) in [6, 6.07) is 11.0. The Bertz CT molecular complexity index is 1300. The molecule has 2 atom stereocenters. The Hall–Kier alpha value is -3.81. The van der Waals surface area contributed by atoms with Gasteiger partial charge in [-0.1, -0.05) is 6.92 Å². The van der Waals surface area contributed by atoms with Crippen molar-refractivity contribution in [3.05, 3.63) is 52.6 Å². The standard InChI is InChI=1S/C23H23F3N6O2/c1-4-16-13-31(21-20-19(30(3)22(33)29-21)10-5-15(11-27)28-20)14(2)12-32(16)17-6-8-18(9-7-17)34-23(24,25)26/h5-10,14,16H,4,12-13H2,1-3H3/t14-,16+/m0/s1. The number of rotatable bonds is 4. The van der Waals surface area contributed by atoms with Gasteiger partial charge in [-0.15, -0.1) is 13.2 Å². The van der Waals surface area contributed by atoms with Gasteiger partial charge in [-0.25, -0.2) is 9.78 Å². The normalized spacial score (nSPS) is 18.7. The quantitative estimate of drug-likeness (QED) is 0.574. The highest BCUT2D eigenvalue weighted by molar-refractivity contribution is 5.86. The molecule has 4 rings (SSSR count). The minimum Gasteiger partial charge on any atom is -0.406 e. The molecule has 0 radical (unpaired) electrons. The molecule has 34 heavy (non-hydrogen) atoms. The molecule has 1 aromatic carbocycles. The second-order valence-corrected chi connectivity index (χ2v) is 8.21. The minimum atomic E-state index is -4.74. The summed E-state index contributed by atoms with van der Waals surface area (Å²) in [5.74, 6) is 0.154. The first-order valence-electron chi connectivity index (χ1n) is 10.8. The van der Waals surface area contributed by atoms with Gasteiger partial charge in [0.2, 0.25) is 0 Å². The van der Waals surface area contributed by atoms with Crippen LogP contribution in [0.15, 0.2) is 41.2 Å². The van der Waals surface area contributed by atoms with Gasteiger partial charge in [0.25, 0.3) is 0 Å². The van der Waals surface area contributed by atoms with E-state index in [1.54, 1.807) is 31.3 Å². The van der Waals surface area contributed by atoms with E-state index in [1.165, 1.54) is 16.7 Å². The molecule has 2 aromatic heterocycles. The van der Waals surface area contributed by atoms with Crippen LogP contribution >= 0.6 is 0 Å². The number of nitrogens with zero attached hydrogens (tertiary/aromatic N) is 6. The summed E-state index contributed by atoms with van der Waals surface area (Å²) in [5, 5.41) is 9.30. The SMILES string of the molecule is CC[C@@H]1CN(c2nc(=O)n(C)c3ccc(C#N)nc23)[C@@H](C)CN1c1ccc(OC(F)(F)F)cc1. The van der Waals surface area contributed by atoms with Crippen molar-refractivity contribution in [2.24, 2.45) is 7.05 Å². The maximum absolute atomic E-state index is 12.6. The van der Waals surface area contributed by atoms with Crippen LogP contribution in [0.5, 0.6) is 5.75 Å². The van der Waals surface area contributed by atoms with Crippen molar-refractivity contribution in [2.45, 2.75) is 38.7 Å². The van der Waals surface area contributed by atoms with Gasteiger partial charge in [0, 0.05) is 37.9 Å². The molecule has 0 unspecified atom stereocenters. The summed E-state index contributed by atoms with van der Waals surface area (Å²) < 4.78 is 42.8. The maximum atomic E-state index is 12.6. The fraction of sp³-hybridized carbons (Fsp3) is 0.391. The van der Waals surface area contributed by atoms with Gasteiger partial charge < -0.3 is 14.5 Å². The monoisotopic (exact) mass is 472 g/mol. The van der Waals surface area contributed by atoms with Crippen LogP contribution < -0.4 is 20.2 Å². The first kappa shape index (κ1) is 23.4. The Kier molecular flexibility index (Phi) is 6.08. The summed E-state index contributed by atoms with van der Waals surface area (Å²) in [6.45, 7) is 5.08. The zero-order valence-corrected chi connectivity index (χ0v) is 18.9. The van der Waals surface area contributed by atoms with Crippen LogP contribution in [0.1, 0.15) is 26.0 Å². The molecule has 8 nitrogen and oxygen atoms in total. The van der Waals surface area contributed by atoms with E-state index >= 15 is 0 Å². The Morgan fingerprint density at radius 3 is 2.44 bits per heavy atom. The van der Waals surface area contributed by atoms with Crippen molar-refractivity contribution in [3.63, 3.8) is 0 Å². The molecule has 0 bridgehead atoms. The van der Waals surface area contributed by atoms with Crippen LogP contribution in [0.4, 0.5) is 24.7 Å². The van der Waals surface area contributed by atoms with Crippen molar-refractivity contribution in [1.82, 2.24) is 14.5 Å². The van der Waals surface area contributed by atoms with Crippen LogP contribution in [0.2, 0.25) is 0 Å². The lowest BCUT2D eigenvalue weighted by atomic mass is 10.0.